The van der Waals surface area contributed by atoms with E-state index in [-0.39, 0.29) is 0 Å². The highest BCUT2D eigenvalue weighted by atomic mass is 79.9. The Hall–Kier alpha value is -1.04. The van der Waals surface area contributed by atoms with Crippen molar-refractivity contribution < 1.29 is 8.95 Å². The van der Waals surface area contributed by atoms with Crippen LogP contribution in [-0.4, -0.2) is 11.3 Å². The zero-order valence-electron chi connectivity index (χ0n) is 10.7. The lowest BCUT2D eigenvalue weighted by Crippen LogP contribution is -2.00. The normalized spacial score (nSPS) is 12.2. The number of hydrogen-bond acceptors (Lipinski definition) is 3. The SMILES string of the molecule is COc1ccc(Br)cc1CS(=O)c1ccc(N)cc1Cl. The van der Waals surface area contributed by atoms with Gasteiger partial charge in [-0.25, -0.2) is 0 Å². The first-order chi connectivity index (χ1) is 9.51. The molecule has 2 rings (SSSR count). The maximum absolute atomic E-state index is 12.4. The highest BCUT2D eigenvalue weighted by Gasteiger charge is 2.13. The van der Waals surface area contributed by atoms with Crippen molar-refractivity contribution in [1.29, 1.82) is 0 Å². The van der Waals surface area contributed by atoms with E-state index in [0.29, 0.717) is 27.1 Å². The first-order valence-corrected chi connectivity index (χ1v) is 8.26. The number of benzene rings is 2. The van der Waals surface area contributed by atoms with E-state index >= 15 is 0 Å². The van der Waals surface area contributed by atoms with E-state index < -0.39 is 10.8 Å². The van der Waals surface area contributed by atoms with Gasteiger partial charge in [-0.2, -0.15) is 0 Å². The molecule has 0 heterocycles. The molecule has 0 saturated heterocycles. The molecule has 3 nitrogen and oxygen atoms in total. The van der Waals surface area contributed by atoms with E-state index in [9.17, 15) is 4.21 Å². The van der Waals surface area contributed by atoms with Gasteiger partial charge in [-0.05, 0) is 36.4 Å². The Morgan fingerprint density at radius 2 is 2.05 bits per heavy atom. The number of nitrogen functional groups attached to an aromatic ring is 1. The molecule has 20 heavy (non-hydrogen) atoms. The predicted molar refractivity (Wildman–Crippen MR) is 86.7 cm³/mol. The van der Waals surface area contributed by atoms with E-state index in [4.69, 9.17) is 22.1 Å². The van der Waals surface area contributed by atoms with Crippen LogP contribution >= 0.6 is 27.5 Å². The fraction of sp³-hybridized carbons (Fsp3) is 0.143. The van der Waals surface area contributed by atoms with E-state index in [1.165, 1.54) is 0 Å². The predicted octanol–water partition coefficient (Wildman–Crippen LogP) is 4.00. The van der Waals surface area contributed by atoms with Crippen LogP contribution in [0.1, 0.15) is 5.56 Å². The molecular formula is C14H13BrClNO2S. The van der Waals surface area contributed by atoms with Crippen LogP contribution in [0.2, 0.25) is 5.02 Å². The molecule has 0 fully saturated rings. The number of halogens is 2. The van der Waals surface area contributed by atoms with E-state index in [2.05, 4.69) is 15.9 Å². The van der Waals surface area contributed by atoms with Gasteiger partial charge >= 0.3 is 0 Å². The van der Waals surface area contributed by atoms with Gasteiger partial charge in [-0.1, -0.05) is 27.5 Å². The molecule has 0 aliphatic heterocycles. The van der Waals surface area contributed by atoms with Gasteiger partial charge in [0.15, 0.2) is 0 Å². The molecule has 0 aliphatic carbocycles. The molecule has 0 spiro atoms. The van der Waals surface area contributed by atoms with Gasteiger partial charge in [0.2, 0.25) is 0 Å². The zero-order chi connectivity index (χ0) is 14.7. The standard InChI is InChI=1S/C14H13BrClNO2S/c1-19-13-4-2-10(15)6-9(13)8-20(18)14-5-3-11(17)7-12(14)16/h2-7H,8,17H2,1H3. The van der Waals surface area contributed by atoms with Crippen LogP contribution in [-0.2, 0) is 16.6 Å². The summed E-state index contributed by atoms with van der Waals surface area (Å²) in [7, 11) is 0.326. The Morgan fingerprint density at radius 3 is 2.70 bits per heavy atom. The summed E-state index contributed by atoms with van der Waals surface area (Å²) in [5, 5.41) is 0.414. The maximum atomic E-state index is 12.4. The number of anilines is 1. The van der Waals surface area contributed by atoms with E-state index in [1.54, 1.807) is 25.3 Å². The Balaban J connectivity index is 2.30. The van der Waals surface area contributed by atoms with Gasteiger partial charge < -0.3 is 10.5 Å². The first-order valence-electron chi connectivity index (χ1n) is 5.77. The second-order valence-corrected chi connectivity index (χ2v) is 6.88. The lowest BCUT2D eigenvalue weighted by atomic mass is 10.2. The molecular weight excluding hydrogens is 362 g/mol. The van der Waals surface area contributed by atoms with Gasteiger partial charge in [0.05, 0.1) is 33.6 Å². The molecule has 0 amide bonds. The van der Waals surface area contributed by atoms with Gasteiger partial charge in [0, 0.05) is 15.7 Å². The second-order valence-electron chi connectivity index (χ2n) is 4.14. The van der Waals surface area contributed by atoms with Crippen molar-refractivity contribution in [2.75, 3.05) is 12.8 Å². The molecule has 1 unspecified atom stereocenters. The Labute approximate surface area is 133 Å². The minimum atomic E-state index is -1.26. The molecule has 2 N–H and O–H groups in total. The van der Waals surface area contributed by atoms with Crippen molar-refractivity contribution in [2.24, 2.45) is 0 Å². The topological polar surface area (TPSA) is 52.3 Å². The molecule has 106 valence electrons. The summed E-state index contributed by atoms with van der Waals surface area (Å²) in [5.41, 5.74) is 7.04. The summed E-state index contributed by atoms with van der Waals surface area (Å²) in [6.45, 7) is 0. The van der Waals surface area contributed by atoms with Crippen LogP contribution in [0.5, 0.6) is 5.75 Å². The van der Waals surface area contributed by atoms with E-state index in [1.807, 2.05) is 18.2 Å². The summed E-state index contributed by atoms with van der Waals surface area (Å²) in [5.74, 6) is 1.03. The van der Waals surface area contributed by atoms with Crippen LogP contribution in [0, 0.1) is 0 Å². The van der Waals surface area contributed by atoms with Crippen LogP contribution in [0.15, 0.2) is 45.8 Å². The molecule has 1 atom stereocenters. The third kappa shape index (κ3) is 3.53. The molecule has 0 aliphatic rings. The monoisotopic (exact) mass is 373 g/mol. The molecule has 2 aromatic rings. The molecule has 2 aromatic carbocycles. The summed E-state index contributed by atoms with van der Waals surface area (Å²) in [6.07, 6.45) is 0. The second kappa shape index (κ2) is 6.61. The zero-order valence-corrected chi connectivity index (χ0v) is 13.9. The fourth-order valence-electron chi connectivity index (χ4n) is 1.78. The maximum Gasteiger partial charge on any atom is 0.123 e. The highest BCUT2D eigenvalue weighted by Crippen LogP contribution is 2.28. The van der Waals surface area contributed by atoms with Gasteiger partial charge in [0.1, 0.15) is 5.75 Å². The average molecular weight is 375 g/mol. The average Bonchev–Trinajstić information content (AvgIpc) is 2.38. The van der Waals surface area contributed by atoms with Crippen LogP contribution in [0.4, 0.5) is 5.69 Å². The summed E-state index contributed by atoms with van der Waals surface area (Å²) >= 11 is 9.48. The first kappa shape index (κ1) is 15.4. The fourth-order valence-corrected chi connectivity index (χ4v) is 3.80. The van der Waals surface area contributed by atoms with Crippen molar-refractivity contribution in [1.82, 2.24) is 0 Å². The lowest BCUT2D eigenvalue weighted by Gasteiger charge is -2.10. The Bertz CT molecular complexity index is 664. The highest BCUT2D eigenvalue weighted by molar-refractivity contribution is 9.10. The summed E-state index contributed by atoms with van der Waals surface area (Å²) < 4.78 is 18.6. The van der Waals surface area contributed by atoms with Crippen LogP contribution in [0.3, 0.4) is 0 Å². The van der Waals surface area contributed by atoms with Crippen molar-refractivity contribution in [3.8, 4) is 5.75 Å². The van der Waals surface area contributed by atoms with Gasteiger partial charge in [-0.15, -0.1) is 0 Å². The minimum absolute atomic E-state index is 0.326. The van der Waals surface area contributed by atoms with Crippen molar-refractivity contribution >= 4 is 44.0 Å². The third-order valence-corrected chi connectivity index (χ3v) is 5.07. The van der Waals surface area contributed by atoms with E-state index in [0.717, 1.165) is 10.0 Å². The van der Waals surface area contributed by atoms with Gasteiger partial charge in [-0.3, -0.25) is 4.21 Å². The quantitative estimate of drug-likeness (QED) is 0.823. The molecule has 0 bridgehead atoms. The molecule has 6 heteroatoms. The number of rotatable bonds is 4. The number of methoxy groups -OCH3 is 1. The summed E-state index contributed by atoms with van der Waals surface area (Å²) in [6, 6.07) is 10.6. The van der Waals surface area contributed by atoms with Crippen molar-refractivity contribution in [3.05, 3.63) is 51.5 Å². The Kier molecular flexibility index (Phi) is 5.07. The van der Waals surface area contributed by atoms with Gasteiger partial charge in [0.25, 0.3) is 0 Å². The van der Waals surface area contributed by atoms with Crippen LogP contribution in [0.25, 0.3) is 0 Å². The molecule has 0 saturated carbocycles. The van der Waals surface area contributed by atoms with Crippen molar-refractivity contribution in [2.45, 2.75) is 10.6 Å². The number of ether oxygens (including phenoxy) is 1. The number of hydrogen-bond donors (Lipinski definition) is 1. The summed E-state index contributed by atoms with van der Waals surface area (Å²) in [4.78, 5) is 0.572. The Morgan fingerprint density at radius 1 is 1.30 bits per heavy atom. The van der Waals surface area contributed by atoms with Crippen molar-refractivity contribution in [3.63, 3.8) is 0 Å². The largest absolute Gasteiger partial charge is 0.496 e. The third-order valence-electron chi connectivity index (χ3n) is 2.73. The van der Waals surface area contributed by atoms with Crippen LogP contribution < -0.4 is 10.5 Å². The molecule has 0 aromatic heterocycles. The smallest absolute Gasteiger partial charge is 0.123 e. The molecule has 0 radical (unpaired) electrons. The number of nitrogens with two attached hydrogens (primary N) is 1. The lowest BCUT2D eigenvalue weighted by molar-refractivity contribution is 0.411. The minimum Gasteiger partial charge on any atom is -0.496 e.